The van der Waals surface area contributed by atoms with Crippen LogP contribution in [0.5, 0.6) is 0 Å². The van der Waals surface area contributed by atoms with Gasteiger partial charge in [0.2, 0.25) is 10.0 Å². The van der Waals surface area contributed by atoms with E-state index in [0.29, 0.717) is 6.42 Å². The molecule has 112 valence electrons. The van der Waals surface area contributed by atoms with Crippen LogP contribution in [0.4, 0.5) is 5.00 Å². The number of nitrogens with one attached hydrogen (secondary N) is 1. The minimum Gasteiger partial charge on any atom is -0.480 e. The van der Waals surface area contributed by atoms with Gasteiger partial charge in [-0.3, -0.25) is 9.52 Å². The van der Waals surface area contributed by atoms with E-state index in [0.717, 1.165) is 16.2 Å². The van der Waals surface area contributed by atoms with Gasteiger partial charge in [0.05, 0.1) is 12.2 Å². The molecule has 0 unspecified atom stereocenters. The highest BCUT2D eigenvalue weighted by Crippen LogP contribution is 2.30. The molecule has 0 amide bonds. The molecule has 20 heavy (non-hydrogen) atoms. The summed E-state index contributed by atoms with van der Waals surface area (Å²) in [6, 6.07) is 1.54. The summed E-state index contributed by atoms with van der Waals surface area (Å²) >= 11 is 1.08. The van der Waals surface area contributed by atoms with Gasteiger partial charge in [0.15, 0.2) is 5.75 Å². The molecule has 0 radical (unpaired) electrons. The maximum atomic E-state index is 11.7. The number of ether oxygens (including phenoxy) is 1. The van der Waals surface area contributed by atoms with Crippen molar-refractivity contribution in [3.05, 3.63) is 16.5 Å². The average Bonchev–Trinajstić information content (AvgIpc) is 2.69. The molecule has 0 aliphatic carbocycles. The predicted octanol–water partition coefficient (Wildman–Crippen LogP) is 1.31. The van der Waals surface area contributed by atoms with Crippen LogP contribution in [-0.2, 0) is 26.0 Å². The summed E-state index contributed by atoms with van der Waals surface area (Å²) in [4.78, 5) is 23.0. The summed E-state index contributed by atoms with van der Waals surface area (Å²) in [5, 5.41) is 8.62. The molecular weight excluding hydrogens is 306 g/mol. The van der Waals surface area contributed by atoms with Gasteiger partial charge >= 0.3 is 11.9 Å². The van der Waals surface area contributed by atoms with Crippen LogP contribution in [0.25, 0.3) is 0 Å². The van der Waals surface area contributed by atoms with Gasteiger partial charge in [0.25, 0.3) is 0 Å². The fourth-order valence-electron chi connectivity index (χ4n) is 1.39. The number of hydrogen-bond acceptors (Lipinski definition) is 6. The smallest absolute Gasteiger partial charge is 0.341 e. The standard InChI is InChI=1S/C11H15NO6S2/c1-3-7-5-8(11(15)18-4-2)10(19-7)12-20(16,17)6-9(13)14/h5,12H,3-4,6H2,1-2H3,(H,13,14). The first-order valence-corrected chi connectivity index (χ1v) is 8.28. The molecule has 0 aliphatic rings. The predicted molar refractivity (Wildman–Crippen MR) is 74.7 cm³/mol. The summed E-state index contributed by atoms with van der Waals surface area (Å²) in [6.07, 6.45) is 0.623. The van der Waals surface area contributed by atoms with Crippen LogP contribution in [0.3, 0.4) is 0 Å². The lowest BCUT2D eigenvalue weighted by atomic mass is 10.2. The Bertz CT molecular complexity index is 604. The zero-order valence-corrected chi connectivity index (χ0v) is 12.6. The van der Waals surface area contributed by atoms with Crippen LogP contribution < -0.4 is 4.72 Å². The van der Waals surface area contributed by atoms with E-state index in [1.807, 2.05) is 6.92 Å². The minimum absolute atomic E-state index is 0.0848. The van der Waals surface area contributed by atoms with Gasteiger partial charge in [-0.25, -0.2) is 13.2 Å². The zero-order valence-electron chi connectivity index (χ0n) is 11.0. The lowest BCUT2D eigenvalue weighted by Crippen LogP contribution is -2.23. The summed E-state index contributed by atoms with van der Waals surface area (Å²) in [5.41, 5.74) is 0.0997. The second-order valence-electron chi connectivity index (χ2n) is 3.78. The van der Waals surface area contributed by atoms with Crippen molar-refractivity contribution in [1.29, 1.82) is 0 Å². The maximum Gasteiger partial charge on any atom is 0.341 e. The van der Waals surface area contributed by atoms with Crippen molar-refractivity contribution >= 4 is 38.3 Å². The van der Waals surface area contributed by atoms with Crippen molar-refractivity contribution in [2.75, 3.05) is 17.1 Å². The zero-order chi connectivity index (χ0) is 15.3. The second-order valence-corrected chi connectivity index (χ2v) is 6.64. The van der Waals surface area contributed by atoms with Crippen LogP contribution >= 0.6 is 11.3 Å². The molecule has 0 bridgehead atoms. The number of aliphatic carboxylic acids is 1. The van der Waals surface area contributed by atoms with E-state index in [1.165, 1.54) is 0 Å². The Kier molecular flexibility index (Phi) is 5.52. The number of hydrogen-bond donors (Lipinski definition) is 2. The van der Waals surface area contributed by atoms with Crippen molar-refractivity contribution in [3.63, 3.8) is 0 Å². The fourth-order valence-corrected chi connectivity index (χ4v) is 3.57. The van der Waals surface area contributed by atoms with Crippen LogP contribution in [0, 0.1) is 0 Å². The van der Waals surface area contributed by atoms with Crippen molar-refractivity contribution in [3.8, 4) is 0 Å². The fraction of sp³-hybridized carbons (Fsp3) is 0.455. The van der Waals surface area contributed by atoms with Crippen LogP contribution in [0.15, 0.2) is 6.07 Å². The Hall–Kier alpha value is -1.61. The average molecular weight is 321 g/mol. The molecule has 1 heterocycles. The number of carboxylic acids is 1. The Morgan fingerprint density at radius 2 is 2.05 bits per heavy atom. The van der Waals surface area contributed by atoms with E-state index < -0.39 is 27.7 Å². The molecule has 0 aromatic carbocycles. The van der Waals surface area contributed by atoms with E-state index in [-0.39, 0.29) is 17.2 Å². The lowest BCUT2D eigenvalue weighted by Gasteiger charge is -2.06. The Balaban J connectivity index is 3.07. The van der Waals surface area contributed by atoms with Gasteiger partial charge in [0, 0.05) is 4.88 Å². The monoisotopic (exact) mass is 321 g/mol. The first-order valence-electron chi connectivity index (χ1n) is 5.81. The molecular formula is C11H15NO6S2. The highest BCUT2D eigenvalue weighted by atomic mass is 32.2. The van der Waals surface area contributed by atoms with Gasteiger partial charge in [-0.15, -0.1) is 11.3 Å². The van der Waals surface area contributed by atoms with Gasteiger partial charge < -0.3 is 9.84 Å². The number of carbonyl (C=O) groups is 2. The minimum atomic E-state index is -4.05. The van der Waals surface area contributed by atoms with Gasteiger partial charge in [0.1, 0.15) is 5.00 Å². The molecule has 2 N–H and O–H groups in total. The Morgan fingerprint density at radius 1 is 1.40 bits per heavy atom. The summed E-state index contributed by atoms with van der Waals surface area (Å²) < 4.78 is 30.2. The number of rotatable bonds is 7. The molecule has 0 fully saturated rings. The number of sulfonamides is 1. The normalized spacial score (nSPS) is 11.1. The quantitative estimate of drug-likeness (QED) is 0.733. The highest BCUT2D eigenvalue weighted by Gasteiger charge is 2.22. The molecule has 0 aliphatic heterocycles. The molecule has 1 rings (SSSR count). The number of esters is 1. The molecule has 7 nitrogen and oxygen atoms in total. The molecule has 0 saturated carbocycles. The number of anilines is 1. The summed E-state index contributed by atoms with van der Waals surface area (Å²) in [7, 11) is -4.05. The highest BCUT2D eigenvalue weighted by molar-refractivity contribution is 7.93. The third kappa shape index (κ3) is 4.49. The lowest BCUT2D eigenvalue weighted by molar-refractivity contribution is -0.134. The van der Waals surface area contributed by atoms with Crippen LogP contribution in [-0.4, -0.2) is 37.8 Å². The molecule has 9 heteroatoms. The van der Waals surface area contributed by atoms with Crippen molar-refractivity contribution in [2.24, 2.45) is 0 Å². The van der Waals surface area contributed by atoms with E-state index in [4.69, 9.17) is 9.84 Å². The van der Waals surface area contributed by atoms with Gasteiger partial charge in [-0.05, 0) is 19.4 Å². The Labute approximate surface area is 120 Å². The van der Waals surface area contributed by atoms with Crippen molar-refractivity contribution < 1.29 is 27.9 Å². The first-order chi connectivity index (χ1) is 9.29. The van der Waals surface area contributed by atoms with Crippen molar-refractivity contribution in [2.45, 2.75) is 20.3 Å². The summed E-state index contributed by atoms with van der Waals surface area (Å²) in [5.74, 6) is -3.17. The number of carbonyl (C=O) groups excluding carboxylic acids is 1. The second kappa shape index (κ2) is 6.71. The maximum absolute atomic E-state index is 11.7. The molecule has 0 atom stereocenters. The molecule has 1 aromatic heterocycles. The van der Waals surface area contributed by atoms with Crippen LogP contribution in [0.1, 0.15) is 29.1 Å². The van der Waals surface area contributed by atoms with E-state index in [9.17, 15) is 18.0 Å². The van der Waals surface area contributed by atoms with Crippen LogP contribution in [0.2, 0.25) is 0 Å². The van der Waals surface area contributed by atoms with E-state index >= 15 is 0 Å². The molecule has 0 spiro atoms. The topological polar surface area (TPSA) is 110 Å². The third-order valence-electron chi connectivity index (χ3n) is 2.19. The SMILES string of the molecule is CCOC(=O)c1cc(CC)sc1NS(=O)(=O)CC(=O)O. The number of carboxylic acid groups (broad SMARTS) is 1. The Morgan fingerprint density at radius 3 is 2.55 bits per heavy atom. The number of thiophene rings is 1. The first kappa shape index (κ1) is 16.4. The molecule has 1 aromatic rings. The third-order valence-corrected chi connectivity index (χ3v) is 4.65. The van der Waals surface area contributed by atoms with Gasteiger partial charge in [-0.1, -0.05) is 6.92 Å². The summed E-state index contributed by atoms with van der Waals surface area (Å²) in [6.45, 7) is 3.66. The van der Waals surface area contributed by atoms with Crippen molar-refractivity contribution in [1.82, 2.24) is 0 Å². The number of aryl methyl sites for hydroxylation is 1. The molecule has 0 saturated heterocycles. The van der Waals surface area contributed by atoms with Gasteiger partial charge in [-0.2, -0.15) is 0 Å². The van der Waals surface area contributed by atoms with E-state index in [1.54, 1.807) is 13.0 Å². The largest absolute Gasteiger partial charge is 0.480 e. The van der Waals surface area contributed by atoms with E-state index in [2.05, 4.69) is 4.72 Å².